The third-order valence-electron chi connectivity index (χ3n) is 4.34. The maximum atomic E-state index is 12.7. The van der Waals surface area contributed by atoms with Crippen LogP contribution in [0.1, 0.15) is 27.0 Å². The number of aromatic nitrogens is 1. The van der Waals surface area contributed by atoms with E-state index in [2.05, 4.69) is 15.6 Å². The molecule has 2 amide bonds. The summed E-state index contributed by atoms with van der Waals surface area (Å²) >= 11 is 0. The van der Waals surface area contributed by atoms with Gasteiger partial charge in [0.15, 0.2) is 0 Å². The first-order chi connectivity index (χ1) is 14.7. The normalized spacial score (nSPS) is 11.4. The van der Waals surface area contributed by atoms with Gasteiger partial charge in [0.05, 0.1) is 5.56 Å². The van der Waals surface area contributed by atoms with Crippen LogP contribution in [-0.2, 0) is 11.0 Å². The van der Waals surface area contributed by atoms with Crippen molar-refractivity contribution in [3.63, 3.8) is 0 Å². The molecule has 2 aromatic carbocycles. The highest BCUT2D eigenvalue weighted by atomic mass is 19.4. The van der Waals surface area contributed by atoms with Gasteiger partial charge in [-0.25, -0.2) is 0 Å². The van der Waals surface area contributed by atoms with Crippen LogP contribution >= 0.6 is 0 Å². The zero-order chi connectivity index (χ0) is 22.4. The van der Waals surface area contributed by atoms with Gasteiger partial charge in [-0.1, -0.05) is 12.1 Å². The van der Waals surface area contributed by atoms with Crippen molar-refractivity contribution in [1.29, 1.82) is 0 Å². The first-order valence-electron chi connectivity index (χ1n) is 9.21. The molecule has 5 nitrogen and oxygen atoms in total. The lowest BCUT2D eigenvalue weighted by molar-refractivity contribution is -0.137. The lowest BCUT2D eigenvalue weighted by atomic mass is 10.1. The number of carbonyl (C=O) groups excluding carboxylic acids is 2. The van der Waals surface area contributed by atoms with Crippen LogP contribution in [-0.4, -0.2) is 16.8 Å². The van der Waals surface area contributed by atoms with Crippen molar-refractivity contribution in [2.75, 3.05) is 10.6 Å². The third-order valence-corrected chi connectivity index (χ3v) is 4.34. The van der Waals surface area contributed by atoms with Crippen LogP contribution in [0.2, 0.25) is 0 Å². The minimum atomic E-state index is -4.47. The summed E-state index contributed by atoms with van der Waals surface area (Å²) in [6, 6.07) is 12.4. The molecule has 158 valence electrons. The van der Waals surface area contributed by atoms with E-state index >= 15 is 0 Å². The quantitative estimate of drug-likeness (QED) is 0.544. The molecule has 0 radical (unpaired) electrons. The van der Waals surface area contributed by atoms with Gasteiger partial charge in [-0.05, 0) is 66.6 Å². The van der Waals surface area contributed by atoms with Gasteiger partial charge < -0.3 is 10.6 Å². The Hall–Kier alpha value is -3.94. The summed E-state index contributed by atoms with van der Waals surface area (Å²) in [6.45, 7) is 1.79. The Bertz CT molecular complexity index is 1110. The van der Waals surface area contributed by atoms with Gasteiger partial charge in [-0.2, -0.15) is 13.2 Å². The van der Waals surface area contributed by atoms with Crippen molar-refractivity contribution in [2.24, 2.45) is 0 Å². The van der Waals surface area contributed by atoms with E-state index in [4.69, 9.17) is 0 Å². The number of hydrogen-bond donors (Lipinski definition) is 2. The second-order valence-corrected chi connectivity index (χ2v) is 6.67. The smallest absolute Gasteiger partial charge is 0.322 e. The number of aryl methyl sites for hydroxylation is 1. The SMILES string of the molecule is Cc1ccc(NC(=O)c2ccc(C(F)(F)F)cc2)cc1NC(=O)C=Cc1cccnc1. The Labute approximate surface area is 176 Å². The fraction of sp³-hybridized carbons (Fsp3) is 0.0870. The van der Waals surface area contributed by atoms with Gasteiger partial charge in [0, 0.05) is 35.4 Å². The second kappa shape index (κ2) is 9.25. The number of carbonyl (C=O) groups is 2. The zero-order valence-corrected chi connectivity index (χ0v) is 16.4. The Morgan fingerprint density at radius 1 is 1.00 bits per heavy atom. The molecule has 8 heteroatoms. The minimum Gasteiger partial charge on any atom is -0.322 e. The van der Waals surface area contributed by atoms with E-state index in [1.54, 1.807) is 55.7 Å². The van der Waals surface area contributed by atoms with Gasteiger partial charge >= 0.3 is 6.18 Å². The molecule has 0 aliphatic rings. The standard InChI is InChI=1S/C23H18F3N3O2/c1-15-4-10-19(28-22(31)17-6-8-18(9-7-17)23(24,25)26)13-20(15)29-21(30)11-5-16-3-2-12-27-14-16/h2-14H,1H3,(H,28,31)(H,29,30). The molecule has 0 spiro atoms. The van der Waals surface area contributed by atoms with Gasteiger partial charge in [0.2, 0.25) is 5.91 Å². The van der Waals surface area contributed by atoms with Crippen molar-refractivity contribution in [2.45, 2.75) is 13.1 Å². The van der Waals surface area contributed by atoms with Crippen LogP contribution in [0, 0.1) is 6.92 Å². The van der Waals surface area contributed by atoms with E-state index in [0.717, 1.165) is 35.4 Å². The van der Waals surface area contributed by atoms with Gasteiger partial charge in [-0.15, -0.1) is 0 Å². The predicted octanol–water partition coefficient (Wildman–Crippen LogP) is 5.31. The van der Waals surface area contributed by atoms with Crippen LogP contribution in [0.5, 0.6) is 0 Å². The van der Waals surface area contributed by atoms with E-state index in [1.165, 1.54) is 6.08 Å². The number of hydrogen-bond acceptors (Lipinski definition) is 3. The van der Waals surface area contributed by atoms with Crippen LogP contribution < -0.4 is 10.6 Å². The second-order valence-electron chi connectivity index (χ2n) is 6.67. The number of nitrogens with one attached hydrogen (secondary N) is 2. The summed E-state index contributed by atoms with van der Waals surface area (Å²) in [7, 11) is 0. The average molecular weight is 425 g/mol. The van der Waals surface area contributed by atoms with Crippen LogP contribution in [0.3, 0.4) is 0 Å². The maximum absolute atomic E-state index is 12.7. The molecule has 1 heterocycles. The number of pyridine rings is 1. The molecule has 0 aliphatic carbocycles. The highest BCUT2D eigenvalue weighted by molar-refractivity contribution is 6.05. The topological polar surface area (TPSA) is 71.1 Å². The number of alkyl halides is 3. The fourth-order valence-corrected chi connectivity index (χ4v) is 2.67. The number of benzene rings is 2. The summed E-state index contributed by atoms with van der Waals surface area (Å²) in [4.78, 5) is 28.5. The molecule has 0 saturated heterocycles. The van der Waals surface area contributed by atoms with E-state index < -0.39 is 17.6 Å². The Morgan fingerprint density at radius 2 is 1.74 bits per heavy atom. The molecule has 0 unspecified atom stereocenters. The molecule has 0 saturated carbocycles. The molecule has 0 fully saturated rings. The Balaban J connectivity index is 1.68. The number of halogens is 3. The zero-order valence-electron chi connectivity index (χ0n) is 16.4. The largest absolute Gasteiger partial charge is 0.416 e. The number of amides is 2. The van der Waals surface area contributed by atoms with Crippen molar-refractivity contribution < 1.29 is 22.8 Å². The fourth-order valence-electron chi connectivity index (χ4n) is 2.67. The molecule has 0 bridgehead atoms. The molecule has 3 rings (SSSR count). The summed E-state index contributed by atoms with van der Waals surface area (Å²) in [5.74, 6) is -0.926. The highest BCUT2D eigenvalue weighted by Gasteiger charge is 2.30. The van der Waals surface area contributed by atoms with Crippen molar-refractivity contribution in [3.05, 3.63) is 95.3 Å². The molecule has 0 atom stereocenters. The molecular formula is C23H18F3N3O2. The summed E-state index contributed by atoms with van der Waals surface area (Å²) in [5.41, 5.74) is 1.68. The predicted molar refractivity (Wildman–Crippen MR) is 112 cm³/mol. The van der Waals surface area contributed by atoms with Crippen molar-refractivity contribution in [3.8, 4) is 0 Å². The van der Waals surface area contributed by atoms with Crippen LogP contribution in [0.25, 0.3) is 6.08 Å². The lowest BCUT2D eigenvalue weighted by Gasteiger charge is -2.11. The van der Waals surface area contributed by atoms with E-state index in [9.17, 15) is 22.8 Å². The summed E-state index contributed by atoms with van der Waals surface area (Å²) in [6.07, 6.45) is 1.76. The van der Waals surface area contributed by atoms with Gasteiger partial charge in [0.25, 0.3) is 5.91 Å². The molecule has 1 aromatic heterocycles. The van der Waals surface area contributed by atoms with Gasteiger partial charge in [-0.3, -0.25) is 14.6 Å². The number of anilines is 2. The molecule has 31 heavy (non-hydrogen) atoms. The Kier molecular flexibility index (Phi) is 6.49. The van der Waals surface area contributed by atoms with Crippen LogP contribution in [0.15, 0.2) is 73.1 Å². The van der Waals surface area contributed by atoms with E-state index in [-0.39, 0.29) is 11.5 Å². The third kappa shape index (κ3) is 6.02. The molecule has 3 aromatic rings. The highest BCUT2D eigenvalue weighted by Crippen LogP contribution is 2.29. The molecule has 2 N–H and O–H groups in total. The Morgan fingerprint density at radius 3 is 2.39 bits per heavy atom. The van der Waals surface area contributed by atoms with Gasteiger partial charge in [0.1, 0.15) is 0 Å². The van der Waals surface area contributed by atoms with Crippen molar-refractivity contribution in [1.82, 2.24) is 4.98 Å². The summed E-state index contributed by atoms with van der Waals surface area (Å²) in [5, 5.41) is 5.35. The van der Waals surface area contributed by atoms with Crippen molar-refractivity contribution >= 4 is 29.3 Å². The maximum Gasteiger partial charge on any atom is 0.416 e. The van der Waals surface area contributed by atoms with Crippen LogP contribution in [0.4, 0.5) is 24.5 Å². The average Bonchev–Trinajstić information content (AvgIpc) is 2.75. The monoisotopic (exact) mass is 425 g/mol. The van der Waals surface area contributed by atoms with E-state index in [0.29, 0.717) is 11.4 Å². The van der Waals surface area contributed by atoms with E-state index in [1.807, 2.05) is 0 Å². The summed E-state index contributed by atoms with van der Waals surface area (Å²) < 4.78 is 38.0. The first kappa shape index (κ1) is 21.8. The number of nitrogens with zero attached hydrogens (tertiary/aromatic N) is 1. The lowest BCUT2D eigenvalue weighted by Crippen LogP contribution is -2.14. The first-order valence-corrected chi connectivity index (χ1v) is 9.21. The number of rotatable bonds is 5. The molecule has 0 aliphatic heterocycles. The molecular weight excluding hydrogens is 407 g/mol. The minimum absolute atomic E-state index is 0.0820.